The second-order valence-corrected chi connectivity index (χ2v) is 2.26. The van der Waals surface area contributed by atoms with Crippen LogP contribution in [0.3, 0.4) is 0 Å². The first kappa shape index (κ1) is 7.92. The van der Waals surface area contributed by atoms with Crippen LogP contribution >= 0.6 is 0 Å². The molecule has 0 aliphatic rings. The zero-order valence-electron chi connectivity index (χ0n) is 6.50. The molecule has 1 aromatic carbocycles. The molecule has 2 heteroatoms. The van der Waals surface area contributed by atoms with Crippen LogP contribution in [0.15, 0.2) is 18.2 Å². The molecular formula is C9H11O2. The third-order valence-electron chi connectivity index (χ3n) is 1.53. The lowest BCUT2D eigenvalue weighted by molar-refractivity contribution is 0.373. The maximum Gasteiger partial charge on any atom is 0.160 e. The standard InChI is InChI=1S/C9H11O2/c1-3-7-4-5-9(11-2)8(10)6-7/h4-6,10H,1,3H2,2H3. The van der Waals surface area contributed by atoms with Gasteiger partial charge in [-0.25, -0.2) is 0 Å². The maximum atomic E-state index is 9.27. The molecule has 0 aliphatic carbocycles. The van der Waals surface area contributed by atoms with Gasteiger partial charge in [0, 0.05) is 0 Å². The van der Waals surface area contributed by atoms with E-state index < -0.39 is 0 Å². The topological polar surface area (TPSA) is 29.5 Å². The zero-order chi connectivity index (χ0) is 8.27. The first-order valence-electron chi connectivity index (χ1n) is 3.43. The van der Waals surface area contributed by atoms with E-state index in [1.165, 1.54) is 7.11 Å². The van der Waals surface area contributed by atoms with Gasteiger partial charge in [0.05, 0.1) is 7.11 Å². The zero-order valence-corrected chi connectivity index (χ0v) is 6.50. The summed E-state index contributed by atoms with van der Waals surface area (Å²) in [7, 11) is 1.53. The summed E-state index contributed by atoms with van der Waals surface area (Å²) in [6, 6.07) is 5.27. The summed E-state index contributed by atoms with van der Waals surface area (Å²) in [6.45, 7) is 3.70. The van der Waals surface area contributed by atoms with E-state index in [0.29, 0.717) is 12.2 Å². The van der Waals surface area contributed by atoms with Gasteiger partial charge in [0.15, 0.2) is 11.5 Å². The predicted molar refractivity (Wildman–Crippen MR) is 43.7 cm³/mol. The fourth-order valence-electron chi connectivity index (χ4n) is 0.891. The van der Waals surface area contributed by atoms with Crippen molar-refractivity contribution in [1.82, 2.24) is 0 Å². The monoisotopic (exact) mass is 151 g/mol. The van der Waals surface area contributed by atoms with Crippen molar-refractivity contribution in [1.29, 1.82) is 0 Å². The maximum absolute atomic E-state index is 9.27. The number of hydrogen-bond donors (Lipinski definition) is 1. The third kappa shape index (κ3) is 1.64. The smallest absolute Gasteiger partial charge is 0.160 e. The average molecular weight is 151 g/mol. The molecule has 0 amide bonds. The van der Waals surface area contributed by atoms with Crippen molar-refractivity contribution in [3.8, 4) is 11.5 Å². The van der Waals surface area contributed by atoms with Gasteiger partial charge in [0.25, 0.3) is 0 Å². The summed E-state index contributed by atoms with van der Waals surface area (Å²) in [6.07, 6.45) is 0.678. The van der Waals surface area contributed by atoms with E-state index in [1.54, 1.807) is 12.1 Å². The van der Waals surface area contributed by atoms with E-state index in [2.05, 4.69) is 6.92 Å². The molecule has 1 rings (SSSR count). The van der Waals surface area contributed by atoms with Crippen LogP contribution in [0.5, 0.6) is 11.5 Å². The molecule has 0 heterocycles. The summed E-state index contributed by atoms with van der Waals surface area (Å²) in [5, 5.41) is 9.27. The van der Waals surface area contributed by atoms with Crippen LogP contribution in [-0.4, -0.2) is 12.2 Å². The van der Waals surface area contributed by atoms with Crippen molar-refractivity contribution in [2.24, 2.45) is 0 Å². The molecule has 1 aromatic rings. The average Bonchev–Trinajstić information content (AvgIpc) is 2.04. The Balaban J connectivity index is 2.99. The predicted octanol–water partition coefficient (Wildman–Crippen LogP) is 1.78. The first-order chi connectivity index (χ1) is 5.27. The van der Waals surface area contributed by atoms with Crippen LogP contribution in [0.1, 0.15) is 5.56 Å². The number of hydrogen-bond acceptors (Lipinski definition) is 2. The Morgan fingerprint density at radius 1 is 1.55 bits per heavy atom. The summed E-state index contributed by atoms with van der Waals surface area (Å²) >= 11 is 0. The normalized spacial score (nSPS) is 9.64. The number of phenolic OH excluding ortho intramolecular Hbond substituents is 1. The molecule has 0 bridgehead atoms. The Labute approximate surface area is 66.4 Å². The van der Waals surface area contributed by atoms with Gasteiger partial charge < -0.3 is 9.84 Å². The molecule has 0 aromatic heterocycles. The van der Waals surface area contributed by atoms with E-state index >= 15 is 0 Å². The van der Waals surface area contributed by atoms with Crippen molar-refractivity contribution in [3.63, 3.8) is 0 Å². The van der Waals surface area contributed by atoms with Crippen molar-refractivity contribution in [3.05, 3.63) is 30.7 Å². The molecule has 0 atom stereocenters. The molecule has 2 nitrogen and oxygen atoms in total. The molecule has 0 aliphatic heterocycles. The van der Waals surface area contributed by atoms with Gasteiger partial charge in [-0.2, -0.15) is 0 Å². The van der Waals surface area contributed by atoms with Crippen LogP contribution in [0.25, 0.3) is 0 Å². The van der Waals surface area contributed by atoms with Gasteiger partial charge in [0.2, 0.25) is 0 Å². The summed E-state index contributed by atoms with van der Waals surface area (Å²) < 4.78 is 4.87. The molecule has 0 saturated heterocycles. The Morgan fingerprint density at radius 2 is 2.27 bits per heavy atom. The molecule has 1 N–H and O–H groups in total. The minimum absolute atomic E-state index is 0.175. The highest BCUT2D eigenvalue weighted by Crippen LogP contribution is 2.25. The summed E-state index contributed by atoms with van der Waals surface area (Å²) in [4.78, 5) is 0. The molecule has 11 heavy (non-hydrogen) atoms. The van der Waals surface area contributed by atoms with Crippen molar-refractivity contribution in [2.45, 2.75) is 6.42 Å². The van der Waals surface area contributed by atoms with Crippen molar-refractivity contribution >= 4 is 0 Å². The number of methoxy groups -OCH3 is 1. The number of phenols is 1. The molecule has 59 valence electrons. The van der Waals surface area contributed by atoms with Crippen LogP contribution in [0.2, 0.25) is 0 Å². The number of rotatable bonds is 2. The molecular weight excluding hydrogens is 140 g/mol. The highest BCUT2D eigenvalue weighted by molar-refractivity contribution is 5.41. The first-order valence-corrected chi connectivity index (χ1v) is 3.43. The quantitative estimate of drug-likeness (QED) is 0.698. The second kappa shape index (κ2) is 3.28. The summed E-state index contributed by atoms with van der Waals surface area (Å²) in [5.74, 6) is 0.677. The van der Waals surface area contributed by atoms with Gasteiger partial charge in [-0.05, 0) is 31.0 Å². The van der Waals surface area contributed by atoms with Crippen LogP contribution in [0.4, 0.5) is 0 Å². The van der Waals surface area contributed by atoms with E-state index in [-0.39, 0.29) is 5.75 Å². The molecule has 0 saturated carbocycles. The highest BCUT2D eigenvalue weighted by Gasteiger charge is 1.99. The Morgan fingerprint density at radius 3 is 2.73 bits per heavy atom. The summed E-state index contributed by atoms with van der Waals surface area (Å²) in [5.41, 5.74) is 1.00. The van der Waals surface area contributed by atoms with Crippen LogP contribution < -0.4 is 4.74 Å². The Kier molecular flexibility index (Phi) is 2.36. The van der Waals surface area contributed by atoms with E-state index in [1.807, 2.05) is 6.07 Å². The van der Waals surface area contributed by atoms with Crippen LogP contribution in [-0.2, 0) is 6.42 Å². The number of benzene rings is 1. The lowest BCUT2D eigenvalue weighted by atomic mass is 10.1. The van der Waals surface area contributed by atoms with Gasteiger partial charge in [0.1, 0.15) is 0 Å². The van der Waals surface area contributed by atoms with E-state index in [4.69, 9.17) is 4.74 Å². The fourth-order valence-corrected chi connectivity index (χ4v) is 0.891. The van der Waals surface area contributed by atoms with E-state index in [0.717, 1.165) is 5.56 Å². The minimum atomic E-state index is 0.175. The number of aromatic hydroxyl groups is 1. The lowest BCUT2D eigenvalue weighted by Gasteiger charge is -2.03. The number of ether oxygens (including phenoxy) is 1. The van der Waals surface area contributed by atoms with Crippen molar-refractivity contribution in [2.75, 3.05) is 7.11 Å². The van der Waals surface area contributed by atoms with Crippen LogP contribution in [0, 0.1) is 6.92 Å². The molecule has 1 radical (unpaired) electrons. The van der Waals surface area contributed by atoms with Crippen molar-refractivity contribution < 1.29 is 9.84 Å². The van der Waals surface area contributed by atoms with Gasteiger partial charge >= 0.3 is 0 Å². The van der Waals surface area contributed by atoms with E-state index in [9.17, 15) is 5.11 Å². The SMILES string of the molecule is [CH2]Cc1ccc(OC)c(O)c1. The minimum Gasteiger partial charge on any atom is -0.504 e. The Bertz CT molecular complexity index is 243. The molecule has 0 unspecified atom stereocenters. The van der Waals surface area contributed by atoms with Gasteiger partial charge in [-0.1, -0.05) is 6.07 Å². The second-order valence-electron chi connectivity index (χ2n) is 2.26. The van der Waals surface area contributed by atoms with Gasteiger partial charge in [-0.15, -0.1) is 0 Å². The van der Waals surface area contributed by atoms with Gasteiger partial charge in [-0.3, -0.25) is 0 Å². The fraction of sp³-hybridized carbons (Fsp3) is 0.222. The highest BCUT2D eigenvalue weighted by atomic mass is 16.5. The Hall–Kier alpha value is -1.18. The largest absolute Gasteiger partial charge is 0.504 e. The molecule has 0 spiro atoms. The molecule has 0 fully saturated rings. The lowest BCUT2D eigenvalue weighted by Crippen LogP contribution is -1.85. The third-order valence-corrected chi connectivity index (χ3v) is 1.53.